The molecule has 2 atom stereocenters. The number of halogens is 1. The first-order chi connectivity index (χ1) is 12.8. The molecule has 0 aliphatic heterocycles. The molecule has 0 radical (unpaired) electrons. The lowest BCUT2D eigenvalue weighted by Gasteiger charge is -2.27. The van der Waals surface area contributed by atoms with Gasteiger partial charge >= 0.3 is 0 Å². The van der Waals surface area contributed by atoms with Crippen LogP contribution in [0.3, 0.4) is 0 Å². The van der Waals surface area contributed by atoms with E-state index in [0.717, 1.165) is 12.1 Å². The number of nitrogens with two attached hydrogens (primary N) is 1. The smallest absolute Gasteiger partial charge is 0.252 e. The number of nitrogens with zero attached hydrogens (tertiary/aromatic N) is 1. The van der Waals surface area contributed by atoms with E-state index in [2.05, 4.69) is 17.1 Å². The lowest BCUT2D eigenvalue weighted by Crippen LogP contribution is -2.33. The zero-order valence-corrected chi connectivity index (χ0v) is 15.5. The van der Waals surface area contributed by atoms with Crippen molar-refractivity contribution in [1.29, 1.82) is 0 Å². The van der Waals surface area contributed by atoms with Crippen LogP contribution >= 0.6 is 0 Å². The molecule has 7 heteroatoms. The van der Waals surface area contributed by atoms with Crippen molar-refractivity contribution in [2.75, 3.05) is 25.0 Å². The molecule has 6 nitrogen and oxygen atoms in total. The molecule has 0 bridgehead atoms. The summed E-state index contributed by atoms with van der Waals surface area (Å²) in [7, 11) is 1.95. The van der Waals surface area contributed by atoms with Gasteiger partial charge in [0.2, 0.25) is 0 Å². The van der Waals surface area contributed by atoms with Gasteiger partial charge in [0.1, 0.15) is 11.6 Å². The SMILES string of the molecule is CC(CCNCC(O)c1ccc(O)c(C(N)=O)c1)N(C)c1ccc(F)cc1. The topological polar surface area (TPSA) is 98.8 Å². The number of rotatable bonds is 9. The predicted molar refractivity (Wildman–Crippen MR) is 103 cm³/mol. The first-order valence-corrected chi connectivity index (χ1v) is 8.79. The second-order valence-electron chi connectivity index (χ2n) is 6.59. The Balaban J connectivity index is 1.81. The molecule has 5 N–H and O–H groups in total. The first kappa shape index (κ1) is 20.7. The molecule has 2 unspecified atom stereocenters. The molecule has 0 heterocycles. The lowest BCUT2D eigenvalue weighted by atomic mass is 10.0. The molecular formula is C20H26FN3O3. The molecule has 0 saturated carbocycles. The van der Waals surface area contributed by atoms with Gasteiger partial charge < -0.3 is 26.2 Å². The van der Waals surface area contributed by atoms with E-state index < -0.39 is 12.0 Å². The van der Waals surface area contributed by atoms with Crippen molar-refractivity contribution in [3.63, 3.8) is 0 Å². The maximum Gasteiger partial charge on any atom is 0.252 e. The van der Waals surface area contributed by atoms with Crippen molar-refractivity contribution in [2.24, 2.45) is 5.73 Å². The fraction of sp³-hybridized carbons (Fsp3) is 0.350. The van der Waals surface area contributed by atoms with Crippen molar-refractivity contribution < 1.29 is 19.4 Å². The van der Waals surface area contributed by atoms with Gasteiger partial charge in [-0.3, -0.25) is 4.79 Å². The molecule has 0 aliphatic carbocycles. The van der Waals surface area contributed by atoms with Gasteiger partial charge in [0.05, 0.1) is 11.7 Å². The Labute approximate surface area is 158 Å². The molecule has 146 valence electrons. The summed E-state index contributed by atoms with van der Waals surface area (Å²) < 4.78 is 13.0. The van der Waals surface area contributed by atoms with Crippen LogP contribution in [0.15, 0.2) is 42.5 Å². The summed E-state index contributed by atoms with van der Waals surface area (Å²) in [5, 5.41) is 23.0. The summed E-state index contributed by atoms with van der Waals surface area (Å²) in [6.07, 6.45) is -0.00302. The number of nitrogens with one attached hydrogen (secondary N) is 1. The zero-order valence-electron chi connectivity index (χ0n) is 15.5. The summed E-state index contributed by atoms with van der Waals surface area (Å²) in [6.45, 7) is 3.04. The van der Waals surface area contributed by atoms with Crippen molar-refractivity contribution in [2.45, 2.75) is 25.5 Å². The summed E-state index contributed by atoms with van der Waals surface area (Å²) >= 11 is 0. The van der Waals surface area contributed by atoms with Gasteiger partial charge in [0.25, 0.3) is 5.91 Å². The summed E-state index contributed by atoms with van der Waals surface area (Å²) in [6, 6.07) is 10.9. The Morgan fingerprint density at radius 2 is 1.93 bits per heavy atom. The molecule has 0 saturated heterocycles. The summed E-state index contributed by atoms with van der Waals surface area (Å²) in [5.41, 5.74) is 6.63. The van der Waals surface area contributed by atoms with Crippen LogP contribution in [0.25, 0.3) is 0 Å². The van der Waals surface area contributed by atoms with Gasteiger partial charge in [0, 0.05) is 25.3 Å². The van der Waals surface area contributed by atoms with Crippen molar-refractivity contribution in [1.82, 2.24) is 5.32 Å². The fourth-order valence-corrected chi connectivity index (χ4v) is 2.75. The third-order valence-electron chi connectivity index (χ3n) is 4.64. The largest absolute Gasteiger partial charge is 0.507 e. The monoisotopic (exact) mass is 375 g/mol. The summed E-state index contributed by atoms with van der Waals surface area (Å²) in [5.74, 6) is -1.21. The quantitative estimate of drug-likeness (QED) is 0.504. The Bertz CT molecular complexity index is 768. The Hall–Kier alpha value is -2.64. The standard InChI is InChI=1S/C20H26FN3O3/c1-13(24(2)16-6-4-15(21)5-7-16)9-10-23-12-19(26)14-3-8-18(25)17(11-14)20(22)27/h3-8,11,13,19,23,25-26H,9-10,12H2,1-2H3,(H2,22,27). The van der Waals surface area contributed by atoms with Crippen molar-refractivity contribution in [3.05, 3.63) is 59.4 Å². The summed E-state index contributed by atoms with van der Waals surface area (Å²) in [4.78, 5) is 13.3. The van der Waals surface area contributed by atoms with Crippen LogP contribution in [0.5, 0.6) is 5.75 Å². The lowest BCUT2D eigenvalue weighted by molar-refractivity contribution is 0.0997. The molecule has 27 heavy (non-hydrogen) atoms. The minimum Gasteiger partial charge on any atom is -0.507 e. The second kappa shape index (κ2) is 9.34. The maximum atomic E-state index is 13.0. The molecule has 0 aliphatic rings. The highest BCUT2D eigenvalue weighted by Gasteiger charge is 2.14. The molecular weight excluding hydrogens is 349 g/mol. The predicted octanol–water partition coefficient (Wildman–Crippen LogP) is 2.17. The van der Waals surface area contributed by atoms with Crippen LogP contribution in [0.2, 0.25) is 0 Å². The number of hydrogen-bond donors (Lipinski definition) is 4. The zero-order chi connectivity index (χ0) is 20.0. The van der Waals surface area contributed by atoms with Crippen LogP contribution in [-0.4, -0.2) is 42.3 Å². The molecule has 0 aromatic heterocycles. The normalized spacial score (nSPS) is 13.2. The number of aromatic hydroxyl groups is 1. The number of anilines is 1. The Morgan fingerprint density at radius 3 is 2.56 bits per heavy atom. The maximum absolute atomic E-state index is 13.0. The van der Waals surface area contributed by atoms with E-state index in [1.54, 1.807) is 18.2 Å². The van der Waals surface area contributed by atoms with Crippen LogP contribution in [0, 0.1) is 5.82 Å². The number of carbonyl (C=O) groups is 1. The minimum atomic E-state index is -0.825. The second-order valence-corrected chi connectivity index (χ2v) is 6.59. The molecule has 0 spiro atoms. The van der Waals surface area contributed by atoms with E-state index in [9.17, 15) is 19.4 Å². The Kier molecular flexibility index (Phi) is 7.15. The van der Waals surface area contributed by atoms with E-state index in [4.69, 9.17) is 5.73 Å². The molecule has 2 aromatic rings. The van der Waals surface area contributed by atoms with Crippen molar-refractivity contribution in [3.8, 4) is 5.75 Å². The number of carbonyl (C=O) groups excluding carboxylic acids is 1. The highest BCUT2D eigenvalue weighted by atomic mass is 19.1. The fourth-order valence-electron chi connectivity index (χ4n) is 2.75. The van der Waals surface area contributed by atoms with Gasteiger partial charge in [-0.15, -0.1) is 0 Å². The molecule has 2 aromatic carbocycles. The first-order valence-electron chi connectivity index (χ1n) is 8.79. The number of primary amides is 1. The van der Waals surface area contributed by atoms with Gasteiger partial charge in [-0.05, 0) is 61.9 Å². The van der Waals surface area contributed by atoms with E-state index in [1.165, 1.54) is 24.3 Å². The number of amides is 1. The molecule has 0 fully saturated rings. The highest BCUT2D eigenvalue weighted by Crippen LogP contribution is 2.22. The number of hydrogen-bond acceptors (Lipinski definition) is 5. The van der Waals surface area contributed by atoms with Crippen LogP contribution < -0.4 is 16.0 Å². The molecule has 2 rings (SSSR count). The van der Waals surface area contributed by atoms with Crippen LogP contribution in [0.1, 0.15) is 35.4 Å². The average Bonchev–Trinajstić information content (AvgIpc) is 2.65. The van der Waals surface area contributed by atoms with Gasteiger partial charge in [-0.2, -0.15) is 0 Å². The van der Waals surface area contributed by atoms with Gasteiger partial charge in [-0.25, -0.2) is 4.39 Å². The van der Waals surface area contributed by atoms with Crippen molar-refractivity contribution >= 4 is 11.6 Å². The number of phenols is 1. The van der Waals surface area contributed by atoms with E-state index in [0.29, 0.717) is 18.7 Å². The van der Waals surface area contributed by atoms with Gasteiger partial charge in [0.15, 0.2) is 0 Å². The van der Waals surface area contributed by atoms with E-state index >= 15 is 0 Å². The molecule has 1 amide bonds. The number of benzene rings is 2. The third-order valence-corrected chi connectivity index (χ3v) is 4.64. The Morgan fingerprint density at radius 1 is 1.26 bits per heavy atom. The van der Waals surface area contributed by atoms with E-state index in [-0.39, 0.29) is 23.2 Å². The number of aliphatic hydroxyl groups excluding tert-OH is 1. The van der Waals surface area contributed by atoms with Crippen LogP contribution in [0.4, 0.5) is 10.1 Å². The van der Waals surface area contributed by atoms with Gasteiger partial charge in [-0.1, -0.05) is 6.07 Å². The van der Waals surface area contributed by atoms with Crippen LogP contribution in [-0.2, 0) is 0 Å². The third kappa shape index (κ3) is 5.67. The highest BCUT2D eigenvalue weighted by molar-refractivity contribution is 5.95. The number of aliphatic hydroxyl groups is 1. The average molecular weight is 375 g/mol. The van der Waals surface area contributed by atoms with E-state index in [1.807, 2.05) is 7.05 Å². The minimum absolute atomic E-state index is 0.0129.